The number of imidazole rings is 1. The summed E-state index contributed by atoms with van der Waals surface area (Å²) in [5.41, 5.74) is 4.70. The van der Waals surface area contributed by atoms with Gasteiger partial charge >= 0.3 is 0 Å². The predicted molar refractivity (Wildman–Crippen MR) is 112 cm³/mol. The normalized spacial score (nSPS) is 26.0. The molecule has 1 N–H and O–H groups in total. The second-order valence-electron chi connectivity index (χ2n) is 8.64. The molecule has 1 aromatic heterocycles. The van der Waals surface area contributed by atoms with Crippen LogP contribution in [0.3, 0.4) is 0 Å². The van der Waals surface area contributed by atoms with Gasteiger partial charge in [0.2, 0.25) is 5.91 Å². The van der Waals surface area contributed by atoms with E-state index in [0.717, 1.165) is 29.6 Å². The van der Waals surface area contributed by atoms with Gasteiger partial charge in [0.1, 0.15) is 0 Å². The van der Waals surface area contributed by atoms with Gasteiger partial charge in [0.05, 0.1) is 29.0 Å². The van der Waals surface area contributed by atoms with E-state index in [1.165, 1.54) is 5.56 Å². The first-order valence-corrected chi connectivity index (χ1v) is 10.3. The largest absolute Gasteiger partial charge is 0.327 e. The molecule has 2 saturated carbocycles. The molecule has 0 spiro atoms. The number of fused-ring (bicyclic) bond motifs is 2. The predicted octanol–water partition coefficient (Wildman–Crippen LogP) is 4.69. The maximum absolute atomic E-state index is 12.7. The van der Waals surface area contributed by atoms with Crippen LogP contribution in [0.2, 0.25) is 0 Å². The maximum atomic E-state index is 12.7. The molecule has 0 bridgehead atoms. The topological polar surface area (TPSA) is 70.7 Å². The van der Waals surface area contributed by atoms with Crippen LogP contribution < -0.4 is 5.32 Å². The Labute approximate surface area is 170 Å². The lowest BCUT2D eigenvalue weighted by Gasteiger charge is -2.20. The van der Waals surface area contributed by atoms with Crippen molar-refractivity contribution in [1.29, 1.82) is 5.26 Å². The van der Waals surface area contributed by atoms with Gasteiger partial charge in [-0.3, -0.25) is 4.79 Å². The molecule has 1 heterocycles. The van der Waals surface area contributed by atoms with Crippen LogP contribution in [0, 0.1) is 41.9 Å². The molecular formula is C24H24N4O. The second-order valence-corrected chi connectivity index (χ2v) is 8.64. The number of amides is 1. The summed E-state index contributed by atoms with van der Waals surface area (Å²) in [4.78, 5) is 17.2. The van der Waals surface area contributed by atoms with Crippen molar-refractivity contribution in [3.05, 3.63) is 59.9 Å². The Bertz CT molecular complexity index is 1110. The maximum Gasteiger partial charge on any atom is 0.227 e. The number of carbonyl (C=O) groups is 1. The van der Waals surface area contributed by atoms with Crippen molar-refractivity contribution in [2.45, 2.75) is 32.7 Å². The summed E-state index contributed by atoms with van der Waals surface area (Å²) in [6.45, 7) is 4.11. The molecule has 5 heteroatoms. The van der Waals surface area contributed by atoms with Gasteiger partial charge in [-0.05, 0) is 67.9 Å². The van der Waals surface area contributed by atoms with Crippen LogP contribution in [0.4, 0.5) is 5.69 Å². The summed E-state index contributed by atoms with van der Waals surface area (Å²) < 4.78 is 2.23. The van der Waals surface area contributed by atoms with Crippen LogP contribution >= 0.6 is 0 Å². The van der Waals surface area contributed by atoms with Crippen molar-refractivity contribution in [2.75, 3.05) is 5.32 Å². The molecule has 1 amide bonds. The molecule has 0 radical (unpaired) electrons. The fourth-order valence-electron chi connectivity index (χ4n) is 5.29. The Kier molecular flexibility index (Phi) is 4.16. The van der Waals surface area contributed by atoms with Crippen molar-refractivity contribution < 1.29 is 4.79 Å². The molecular weight excluding hydrogens is 360 g/mol. The van der Waals surface area contributed by atoms with Gasteiger partial charge in [-0.15, -0.1) is 0 Å². The molecule has 0 saturated heterocycles. The Morgan fingerprint density at radius 3 is 2.62 bits per heavy atom. The molecule has 3 aromatic rings. The first kappa shape index (κ1) is 17.9. The number of benzene rings is 2. The summed E-state index contributed by atoms with van der Waals surface area (Å²) in [5.74, 6) is 1.83. The summed E-state index contributed by atoms with van der Waals surface area (Å²) in [5, 5.41) is 12.3. The number of rotatable bonds is 4. The molecule has 2 fully saturated rings. The van der Waals surface area contributed by atoms with E-state index in [0.29, 0.717) is 29.4 Å². The van der Waals surface area contributed by atoms with Crippen LogP contribution in [-0.2, 0) is 4.79 Å². The number of aromatic nitrogens is 2. The summed E-state index contributed by atoms with van der Waals surface area (Å²) in [6, 6.07) is 16.2. The molecule has 146 valence electrons. The van der Waals surface area contributed by atoms with Crippen LogP contribution in [0.25, 0.3) is 11.0 Å². The number of nitrogens with zero attached hydrogens (tertiary/aromatic N) is 3. The summed E-state index contributed by atoms with van der Waals surface area (Å²) in [7, 11) is 0. The molecule has 5 rings (SSSR count). The fourth-order valence-corrected chi connectivity index (χ4v) is 5.29. The zero-order valence-corrected chi connectivity index (χ0v) is 16.7. The smallest absolute Gasteiger partial charge is 0.227 e. The van der Waals surface area contributed by atoms with Crippen LogP contribution in [0.1, 0.15) is 36.9 Å². The van der Waals surface area contributed by atoms with Gasteiger partial charge in [-0.1, -0.05) is 24.6 Å². The van der Waals surface area contributed by atoms with Crippen molar-refractivity contribution in [3.8, 4) is 6.07 Å². The Hall–Kier alpha value is -3.13. The lowest BCUT2D eigenvalue weighted by molar-refractivity contribution is -0.120. The number of nitriles is 1. The highest BCUT2D eigenvalue weighted by atomic mass is 16.1. The van der Waals surface area contributed by atoms with E-state index < -0.39 is 0 Å². The minimum absolute atomic E-state index is 0.0250. The van der Waals surface area contributed by atoms with Crippen LogP contribution in [-0.4, -0.2) is 15.5 Å². The third-order valence-electron chi connectivity index (χ3n) is 6.89. The minimum Gasteiger partial charge on any atom is -0.327 e. The number of aryl methyl sites for hydroxylation is 1. The number of anilines is 1. The van der Waals surface area contributed by atoms with Crippen molar-refractivity contribution in [1.82, 2.24) is 9.55 Å². The van der Waals surface area contributed by atoms with Gasteiger partial charge in [-0.2, -0.15) is 5.26 Å². The minimum atomic E-state index is 0.0250. The van der Waals surface area contributed by atoms with E-state index >= 15 is 0 Å². The zero-order valence-electron chi connectivity index (χ0n) is 16.7. The highest BCUT2D eigenvalue weighted by Crippen LogP contribution is 2.64. The molecule has 2 aliphatic carbocycles. The number of carbonyl (C=O) groups excluding carboxylic acids is 1. The first-order chi connectivity index (χ1) is 14.0. The van der Waals surface area contributed by atoms with E-state index in [1.807, 2.05) is 55.7 Å². The van der Waals surface area contributed by atoms with Gasteiger partial charge in [-0.25, -0.2) is 4.98 Å². The molecule has 3 unspecified atom stereocenters. The van der Waals surface area contributed by atoms with Gasteiger partial charge in [0.15, 0.2) is 0 Å². The van der Waals surface area contributed by atoms with E-state index in [9.17, 15) is 10.1 Å². The van der Waals surface area contributed by atoms with Gasteiger partial charge in [0, 0.05) is 17.6 Å². The highest BCUT2D eigenvalue weighted by Gasteiger charge is 2.59. The van der Waals surface area contributed by atoms with Crippen molar-refractivity contribution in [3.63, 3.8) is 0 Å². The third-order valence-corrected chi connectivity index (χ3v) is 6.89. The summed E-state index contributed by atoms with van der Waals surface area (Å²) in [6.07, 6.45) is 4.07. The molecule has 2 aromatic carbocycles. The van der Waals surface area contributed by atoms with Crippen molar-refractivity contribution in [2.24, 2.45) is 23.7 Å². The third kappa shape index (κ3) is 3.09. The van der Waals surface area contributed by atoms with E-state index in [4.69, 9.17) is 0 Å². The van der Waals surface area contributed by atoms with Gasteiger partial charge < -0.3 is 9.88 Å². The van der Waals surface area contributed by atoms with Gasteiger partial charge in [0.25, 0.3) is 0 Å². The van der Waals surface area contributed by atoms with Crippen LogP contribution in [0.5, 0.6) is 0 Å². The lowest BCUT2D eigenvalue weighted by atomic mass is 9.96. The molecule has 29 heavy (non-hydrogen) atoms. The molecule has 2 aliphatic rings. The standard InChI is InChI=1S/C24H24N4O/c1-14-3-6-17(7-4-14)27-24(29)15(2)23-19-10-18(11-20(19)23)28-13-26-21-8-5-16(12-25)9-22(21)28/h3-9,13,15,18-20,23H,10-11H2,1-2H3,(H,27,29). The fraction of sp³-hybridized carbons (Fsp3) is 0.375. The van der Waals surface area contributed by atoms with Crippen LogP contribution in [0.15, 0.2) is 48.8 Å². The lowest BCUT2D eigenvalue weighted by Crippen LogP contribution is -2.24. The molecule has 3 atom stereocenters. The van der Waals surface area contributed by atoms with Crippen molar-refractivity contribution >= 4 is 22.6 Å². The second kappa shape index (κ2) is 6.73. The van der Waals surface area contributed by atoms with E-state index in [2.05, 4.69) is 27.9 Å². The monoisotopic (exact) mass is 384 g/mol. The van der Waals surface area contributed by atoms with E-state index in [-0.39, 0.29) is 11.8 Å². The molecule has 0 aliphatic heterocycles. The Morgan fingerprint density at radius 1 is 1.21 bits per heavy atom. The van der Waals surface area contributed by atoms with E-state index in [1.54, 1.807) is 0 Å². The number of hydrogen-bond donors (Lipinski definition) is 1. The average molecular weight is 384 g/mol. The SMILES string of the molecule is Cc1ccc(NC(=O)C(C)C2C3CC(n4cnc5ccc(C#N)cc54)CC32)cc1. The Balaban J connectivity index is 1.25. The Morgan fingerprint density at radius 2 is 1.93 bits per heavy atom. The quantitative estimate of drug-likeness (QED) is 0.709. The highest BCUT2D eigenvalue weighted by molar-refractivity contribution is 5.92. The summed E-state index contributed by atoms with van der Waals surface area (Å²) >= 11 is 0. The molecule has 5 nitrogen and oxygen atoms in total. The number of nitrogens with one attached hydrogen (secondary N) is 1. The first-order valence-electron chi connectivity index (χ1n) is 10.3. The number of hydrogen-bond acceptors (Lipinski definition) is 3. The zero-order chi connectivity index (χ0) is 20.1. The average Bonchev–Trinajstić information content (AvgIpc) is 3.07.